The third kappa shape index (κ3) is 5.45. The first-order valence-corrected chi connectivity index (χ1v) is 8.46. The number of piperazine rings is 1. The quantitative estimate of drug-likeness (QED) is 0.836. The van der Waals surface area contributed by atoms with Crippen LogP contribution in [-0.4, -0.2) is 73.6 Å². The number of rotatable bonds is 5. The van der Waals surface area contributed by atoms with E-state index in [9.17, 15) is 18.0 Å². The molecule has 0 unspecified atom stereocenters. The fourth-order valence-corrected chi connectivity index (χ4v) is 2.61. The average molecular weight is 374 g/mol. The summed E-state index contributed by atoms with van der Waals surface area (Å²) in [6, 6.07) is 1.02. The van der Waals surface area contributed by atoms with Crippen molar-refractivity contribution in [1.29, 1.82) is 0 Å². The van der Waals surface area contributed by atoms with E-state index in [4.69, 9.17) is 0 Å². The van der Waals surface area contributed by atoms with Crippen LogP contribution in [0.4, 0.5) is 24.9 Å². The van der Waals surface area contributed by atoms with E-state index in [-0.39, 0.29) is 30.3 Å². The summed E-state index contributed by atoms with van der Waals surface area (Å²) in [5.74, 6) is 0.217. The zero-order valence-electron chi connectivity index (χ0n) is 15.5. The normalized spacial score (nSPS) is 16.1. The van der Waals surface area contributed by atoms with Gasteiger partial charge in [0.2, 0.25) is 11.9 Å². The lowest BCUT2D eigenvalue weighted by atomic mass is 10.3. The van der Waals surface area contributed by atoms with Crippen LogP contribution in [-0.2, 0) is 11.0 Å². The summed E-state index contributed by atoms with van der Waals surface area (Å²) >= 11 is 0. The van der Waals surface area contributed by atoms with Crippen LogP contribution < -0.4 is 15.1 Å². The number of anilines is 2. The lowest BCUT2D eigenvalue weighted by Crippen LogP contribution is -2.50. The Kier molecular flexibility index (Phi) is 6.27. The Morgan fingerprint density at radius 2 is 1.85 bits per heavy atom. The molecule has 0 bridgehead atoms. The summed E-state index contributed by atoms with van der Waals surface area (Å²) in [5.41, 5.74) is -0.954. The maximum absolute atomic E-state index is 13.1. The fourth-order valence-electron chi connectivity index (χ4n) is 2.61. The number of hydrogen-bond acceptors (Lipinski definition) is 6. The van der Waals surface area contributed by atoms with Crippen molar-refractivity contribution in [3.05, 3.63) is 11.8 Å². The fraction of sp³-hybridized carbons (Fsp3) is 0.688. The summed E-state index contributed by atoms with van der Waals surface area (Å²) in [6.07, 6.45) is -4.53. The number of aromatic nitrogens is 2. The Balaban J connectivity index is 2.06. The highest BCUT2D eigenvalue weighted by atomic mass is 19.4. The van der Waals surface area contributed by atoms with Crippen LogP contribution in [0.1, 0.15) is 19.5 Å². The highest BCUT2D eigenvalue weighted by molar-refractivity contribution is 5.78. The summed E-state index contributed by atoms with van der Waals surface area (Å²) in [7, 11) is 3.27. The zero-order valence-corrected chi connectivity index (χ0v) is 15.5. The number of nitrogens with zero attached hydrogens (tertiary/aromatic N) is 5. The van der Waals surface area contributed by atoms with Gasteiger partial charge in [-0.05, 0) is 13.8 Å². The minimum absolute atomic E-state index is 0.0568. The standard InChI is InChI=1S/C16H25F3N6O/c1-11(2)20-14(26)10-24-5-7-25(8-6-24)15-21-12(16(17,18)19)9-13(22-15)23(3)4/h9,11H,5-8,10H2,1-4H3,(H,20,26). The van der Waals surface area contributed by atoms with Crippen molar-refractivity contribution in [2.24, 2.45) is 0 Å². The lowest BCUT2D eigenvalue weighted by molar-refractivity contribution is -0.141. The van der Waals surface area contributed by atoms with E-state index in [1.165, 1.54) is 4.90 Å². The first-order chi connectivity index (χ1) is 12.1. The molecule has 1 aliphatic rings. The van der Waals surface area contributed by atoms with E-state index < -0.39 is 11.9 Å². The van der Waals surface area contributed by atoms with Gasteiger partial charge in [0.25, 0.3) is 0 Å². The number of halogens is 3. The summed E-state index contributed by atoms with van der Waals surface area (Å²) in [4.78, 5) is 25.0. The molecule has 0 atom stereocenters. The van der Waals surface area contributed by atoms with Gasteiger partial charge in [0.15, 0.2) is 5.69 Å². The smallest absolute Gasteiger partial charge is 0.363 e. The molecular formula is C16H25F3N6O. The average Bonchev–Trinajstić information content (AvgIpc) is 2.53. The molecule has 1 fully saturated rings. The molecule has 1 aromatic heterocycles. The van der Waals surface area contributed by atoms with Gasteiger partial charge in [-0.25, -0.2) is 4.98 Å². The van der Waals surface area contributed by atoms with Crippen molar-refractivity contribution in [1.82, 2.24) is 20.2 Å². The molecule has 10 heteroatoms. The summed E-state index contributed by atoms with van der Waals surface area (Å²) in [5, 5.41) is 2.83. The lowest BCUT2D eigenvalue weighted by Gasteiger charge is -2.34. The second-order valence-electron chi connectivity index (χ2n) is 6.79. The molecule has 0 spiro atoms. The molecular weight excluding hydrogens is 349 g/mol. The van der Waals surface area contributed by atoms with Crippen molar-refractivity contribution in [3.8, 4) is 0 Å². The Hall–Kier alpha value is -2.10. The number of carbonyl (C=O) groups excluding carboxylic acids is 1. The second-order valence-corrected chi connectivity index (χ2v) is 6.79. The molecule has 1 aliphatic heterocycles. The van der Waals surface area contributed by atoms with Crippen LogP contribution in [0.5, 0.6) is 0 Å². The molecule has 2 heterocycles. The third-order valence-corrected chi connectivity index (χ3v) is 3.92. The third-order valence-electron chi connectivity index (χ3n) is 3.92. The van der Waals surface area contributed by atoms with E-state index in [2.05, 4.69) is 15.3 Å². The summed E-state index contributed by atoms with van der Waals surface area (Å²) < 4.78 is 39.3. The molecule has 7 nitrogen and oxygen atoms in total. The van der Waals surface area contributed by atoms with Crippen LogP contribution in [0.15, 0.2) is 6.07 Å². The number of alkyl halides is 3. The van der Waals surface area contributed by atoms with Gasteiger partial charge >= 0.3 is 6.18 Å². The SMILES string of the molecule is CC(C)NC(=O)CN1CCN(c2nc(N(C)C)cc(C(F)(F)F)n2)CC1. The zero-order chi connectivity index (χ0) is 19.5. The van der Waals surface area contributed by atoms with E-state index >= 15 is 0 Å². The van der Waals surface area contributed by atoms with E-state index in [0.29, 0.717) is 26.2 Å². The maximum Gasteiger partial charge on any atom is 0.433 e. The van der Waals surface area contributed by atoms with Gasteiger partial charge in [-0.2, -0.15) is 18.2 Å². The van der Waals surface area contributed by atoms with Crippen molar-refractivity contribution in [2.45, 2.75) is 26.1 Å². The minimum Gasteiger partial charge on any atom is -0.363 e. The highest BCUT2D eigenvalue weighted by Crippen LogP contribution is 2.31. The van der Waals surface area contributed by atoms with Crippen LogP contribution in [0.2, 0.25) is 0 Å². The monoisotopic (exact) mass is 374 g/mol. The predicted octanol–water partition coefficient (Wildman–Crippen LogP) is 1.21. The largest absolute Gasteiger partial charge is 0.433 e. The molecule has 0 aliphatic carbocycles. The summed E-state index contributed by atoms with van der Waals surface area (Å²) in [6.45, 7) is 6.10. The molecule has 1 N–H and O–H groups in total. The molecule has 1 amide bonds. The van der Waals surface area contributed by atoms with Crippen molar-refractivity contribution in [2.75, 3.05) is 56.6 Å². The molecule has 1 saturated heterocycles. The molecule has 1 aromatic rings. The second kappa shape index (κ2) is 8.07. The van der Waals surface area contributed by atoms with E-state index in [0.717, 1.165) is 6.07 Å². The van der Waals surface area contributed by atoms with Gasteiger partial charge in [0, 0.05) is 52.4 Å². The first kappa shape index (κ1) is 20.2. The van der Waals surface area contributed by atoms with Crippen LogP contribution >= 0.6 is 0 Å². The van der Waals surface area contributed by atoms with Gasteiger partial charge in [-0.3, -0.25) is 9.69 Å². The van der Waals surface area contributed by atoms with Gasteiger partial charge in [-0.1, -0.05) is 0 Å². The van der Waals surface area contributed by atoms with Gasteiger partial charge < -0.3 is 15.1 Å². The molecule has 26 heavy (non-hydrogen) atoms. The van der Waals surface area contributed by atoms with Crippen molar-refractivity contribution in [3.63, 3.8) is 0 Å². The molecule has 0 saturated carbocycles. The van der Waals surface area contributed by atoms with Gasteiger partial charge in [0.05, 0.1) is 6.54 Å². The molecule has 0 aromatic carbocycles. The maximum atomic E-state index is 13.1. The van der Waals surface area contributed by atoms with Crippen LogP contribution in [0.25, 0.3) is 0 Å². The Labute approximate surface area is 151 Å². The number of nitrogens with one attached hydrogen (secondary N) is 1. The Bertz CT molecular complexity index is 627. The van der Waals surface area contributed by atoms with Gasteiger partial charge in [0.1, 0.15) is 5.82 Å². The van der Waals surface area contributed by atoms with E-state index in [1.54, 1.807) is 19.0 Å². The number of hydrogen-bond donors (Lipinski definition) is 1. The predicted molar refractivity (Wildman–Crippen MR) is 93.3 cm³/mol. The van der Waals surface area contributed by atoms with Crippen LogP contribution in [0.3, 0.4) is 0 Å². The first-order valence-electron chi connectivity index (χ1n) is 8.46. The highest BCUT2D eigenvalue weighted by Gasteiger charge is 2.35. The van der Waals surface area contributed by atoms with Crippen molar-refractivity contribution >= 4 is 17.7 Å². The molecule has 0 radical (unpaired) electrons. The topological polar surface area (TPSA) is 64.6 Å². The Morgan fingerprint density at radius 1 is 1.23 bits per heavy atom. The van der Waals surface area contributed by atoms with E-state index in [1.807, 2.05) is 18.7 Å². The van der Waals surface area contributed by atoms with Crippen LogP contribution in [0, 0.1) is 0 Å². The van der Waals surface area contributed by atoms with Gasteiger partial charge in [-0.15, -0.1) is 0 Å². The molecule has 146 valence electrons. The molecule has 2 rings (SSSR count). The van der Waals surface area contributed by atoms with Crippen molar-refractivity contribution < 1.29 is 18.0 Å². The number of amides is 1. The Morgan fingerprint density at radius 3 is 2.35 bits per heavy atom. The number of carbonyl (C=O) groups is 1. The minimum atomic E-state index is -4.53.